The molecule has 1 saturated heterocycles. The van der Waals surface area contributed by atoms with E-state index in [1.54, 1.807) is 9.75 Å². The zero-order chi connectivity index (χ0) is 17.6. The lowest BCUT2D eigenvalue weighted by Gasteiger charge is -2.49. The predicted octanol–water partition coefficient (Wildman–Crippen LogP) is 4.11. The monoisotopic (exact) mass is 370 g/mol. The number of piperidine rings is 1. The molecule has 0 radical (unpaired) electrons. The van der Waals surface area contributed by atoms with Crippen molar-refractivity contribution in [1.29, 1.82) is 0 Å². The molecule has 2 aromatic heterocycles. The van der Waals surface area contributed by atoms with Crippen LogP contribution >= 0.6 is 11.3 Å². The second kappa shape index (κ2) is 6.77. The molecule has 26 heavy (non-hydrogen) atoms. The van der Waals surface area contributed by atoms with Gasteiger partial charge in [0.25, 0.3) is 0 Å². The summed E-state index contributed by atoms with van der Waals surface area (Å²) >= 11 is 2.07. The summed E-state index contributed by atoms with van der Waals surface area (Å²) in [5, 5.41) is 0. The van der Waals surface area contributed by atoms with Crippen LogP contribution in [0.2, 0.25) is 0 Å². The third-order valence-electron chi connectivity index (χ3n) is 7.09. The fourth-order valence-corrected chi connectivity index (χ4v) is 6.64. The van der Waals surface area contributed by atoms with Gasteiger partial charge >= 0.3 is 0 Å². The molecule has 1 spiro atoms. The van der Waals surface area contributed by atoms with Gasteiger partial charge in [-0.3, -0.25) is 9.80 Å². The van der Waals surface area contributed by atoms with Crippen molar-refractivity contribution < 1.29 is 0 Å². The number of aromatic amines is 1. The highest BCUT2D eigenvalue weighted by Crippen LogP contribution is 2.42. The van der Waals surface area contributed by atoms with E-state index < -0.39 is 0 Å². The van der Waals surface area contributed by atoms with E-state index in [2.05, 4.69) is 45.3 Å². The Labute approximate surface area is 160 Å². The first kappa shape index (κ1) is 17.0. The minimum Gasteiger partial charge on any atom is -0.348 e. The average Bonchev–Trinajstić information content (AvgIpc) is 3.40. The second-order valence-electron chi connectivity index (χ2n) is 8.49. The second-order valence-corrected chi connectivity index (χ2v) is 9.69. The van der Waals surface area contributed by atoms with E-state index in [0.717, 1.165) is 25.4 Å². The Kier molecular flexibility index (Phi) is 4.42. The molecule has 1 N–H and O–H groups in total. The Bertz CT molecular complexity index is 750. The largest absolute Gasteiger partial charge is 0.348 e. The van der Waals surface area contributed by atoms with E-state index in [0.29, 0.717) is 0 Å². The maximum absolute atomic E-state index is 4.73. The zero-order valence-electron chi connectivity index (χ0n) is 15.8. The number of hydrogen-bond acceptors (Lipinski definition) is 4. The number of likely N-dealkylation sites (N-methyl/N-ethyl adjacent to an activating group) is 1. The van der Waals surface area contributed by atoms with Crippen LogP contribution in [0.4, 0.5) is 0 Å². The van der Waals surface area contributed by atoms with E-state index in [4.69, 9.17) is 4.98 Å². The number of H-pyrrole nitrogens is 1. The number of imidazole rings is 1. The van der Waals surface area contributed by atoms with Crippen LogP contribution in [-0.2, 0) is 18.5 Å². The summed E-state index contributed by atoms with van der Waals surface area (Å²) < 4.78 is 0. The van der Waals surface area contributed by atoms with Crippen molar-refractivity contribution in [2.75, 3.05) is 26.7 Å². The number of aromatic nitrogens is 2. The normalized spacial score (nSPS) is 24.3. The highest BCUT2D eigenvalue weighted by molar-refractivity contribution is 7.12. The lowest BCUT2D eigenvalue weighted by atomic mass is 9.79. The molecule has 0 bridgehead atoms. The molecular formula is C21H30N4S. The molecule has 0 amide bonds. The van der Waals surface area contributed by atoms with Crippen LogP contribution in [0.25, 0.3) is 0 Å². The third-order valence-corrected chi connectivity index (χ3v) is 8.32. The van der Waals surface area contributed by atoms with Gasteiger partial charge in [-0.15, -0.1) is 11.3 Å². The SMILES string of the molecule is CN1CCc2[nH]cnc2C12CCN(Cc1ccc(C3CCCC3)s1)CC2. The van der Waals surface area contributed by atoms with E-state index in [1.165, 1.54) is 63.0 Å². The number of rotatable bonds is 3. The lowest BCUT2D eigenvalue weighted by molar-refractivity contribution is 0.0224. The summed E-state index contributed by atoms with van der Waals surface area (Å²) in [4.78, 5) is 16.5. The Morgan fingerprint density at radius 3 is 2.81 bits per heavy atom. The van der Waals surface area contributed by atoms with Crippen molar-refractivity contribution in [3.63, 3.8) is 0 Å². The van der Waals surface area contributed by atoms with E-state index >= 15 is 0 Å². The highest BCUT2D eigenvalue weighted by Gasteiger charge is 2.44. The van der Waals surface area contributed by atoms with Crippen LogP contribution in [0.5, 0.6) is 0 Å². The van der Waals surface area contributed by atoms with Crippen molar-refractivity contribution in [3.05, 3.63) is 39.6 Å². The Hall–Kier alpha value is -1.17. The van der Waals surface area contributed by atoms with Crippen molar-refractivity contribution in [2.24, 2.45) is 0 Å². The smallest absolute Gasteiger partial charge is 0.0926 e. The zero-order valence-corrected chi connectivity index (χ0v) is 16.7. The van der Waals surface area contributed by atoms with Gasteiger partial charge in [0.05, 0.1) is 17.6 Å². The van der Waals surface area contributed by atoms with Crippen molar-refractivity contribution in [2.45, 2.75) is 62.9 Å². The quantitative estimate of drug-likeness (QED) is 0.883. The van der Waals surface area contributed by atoms with Gasteiger partial charge in [0.2, 0.25) is 0 Å². The predicted molar refractivity (Wildman–Crippen MR) is 107 cm³/mol. The van der Waals surface area contributed by atoms with Crippen LogP contribution in [-0.4, -0.2) is 46.4 Å². The average molecular weight is 371 g/mol. The molecule has 0 atom stereocenters. The molecule has 0 aromatic carbocycles. The maximum atomic E-state index is 4.73. The van der Waals surface area contributed by atoms with Gasteiger partial charge in [-0.25, -0.2) is 4.98 Å². The summed E-state index contributed by atoms with van der Waals surface area (Å²) in [6.07, 6.45) is 11.1. The van der Waals surface area contributed by atoms with Crippen molar-refractivity contribution >= 4 is 11.3 Å². The number of hydrogen-bond donors (Lipinski definition) is 1. The van der Waals surface area contributed by atoms with Gasteiger partial charge in [-0.1, -0.05) is 12.8 Å². The molecule has 140 valence electrons. The standard InChI is InChI=1S/C21H30N4S/c1-24-11-8-18-20(23-15-22-18)21(24)9-12-25(13-10-21)14-17-6-7-19(26-17)16-4-2-3-5-16/h6-7,15-16H,2-5,8-14H2,1H3,(H,22,23). The van der Waals surface area contributed by atoms with Gasteiger partial charge in [0, 0.05) is 48.0 Å². The van der Waals surface area contributed by atoms with Crippen LogP contribution in [0.1, 0.15) is 65.6 Å². The minimum atomic E-state index is 0.161. The molecule has 2 aromatic rings. The first-order chi connectivity index (χ1) is 12.7. The summed E-state index contributed by atoms with van der Waals surface area (Å²) in [5.74, 6) is 0.854. The number of nitrogens with zero attached hydrogens (tertiary/aromatic N) is 3. The Balaban J connectivity index is 1.25. The molecule has 1 aliphatic carbocycles. The minimum absolute atomic E-state index is 0.161. The Morgan fingerprint density at radius 2 is 2.00 bits per heavy atom. The van der Waals surface area contributed by atoms with Gasteiger partial charge in [-0.2, -0.15) is 0 Å². The number of nitrogens with one attached hydrogen (secondary N) is 1. The summed E-state index contributed by atoms with van der Waals surface area (Å²) in [5.41, 5.74) is 2.86. The van der Waals surface area contributed by atoms with Crippen LogP contribution < -0.4 is 0 Å². The first-order valence-corrected chi connectivity index (χ1v) is 11.1. The van der Waals surface area contributed by atoms with Crippen LogP contribution in [0.3, 0.4) is 0 Å². The molecule has 4 nitrogen and oxygen atoms in total. The van der Waals surface area contributed by atoms with Gasteiger partial charge in [0.1, 0.15) is 0 Å². The number of likely N-dealkylation sites (tertiary alicyclic amines) is 1. The molecule has 3 aliphatic rings. The van der Waals surface area contributed by atoms with Crippen molar-refractivity contribution in [1.82, 2.24) is 19.8 Å². The van der Waals surface area contributed by atoms with E-state index in [1.807, 2.05) is 6.33 Å². The third kappa shape index (κ3) is 2.85. The summed E-state index contributed by atoms with van der Waals surface area (Å²) in [7, 11) is 2.29. The molecule has 1 saturated carbocycles. The molecule has 2 fully saturated rings. The molecule has 0 unspecified atom stereocenters. The van der Waals surface area contributed by atoms with Crippen molar-refractivity contribution in [3.8, 4) is 0 Å². The molecule has 4 heterocycles. The van der Waals surface area contributed by atoms with Crippen LogP contribution in [0.15, 0.2) is 18.5 Å². The summed E-state index contributed by atoms with van der Waals surface area (Å²) in [6.45, 7) is 4.62. The fraction of sp³-hybridized carbons (Fsp3) is 0.667. The van der Waals surface area contributed by atoms with E-state index in [-0.39, 0.29) is 5.54 Å². The Morgan fingerprint density at radius 1 is 1.19 bits per heavy atom. The maximum Gasteiger partial charge on any atom is 0.0926 e. The van der Waals surface area contributed by atoms with Gasteiger partial charge in [-0.05, 0) is 50.8 Å². The summed E-state index contributed by atoms with van der Waals surface area (Å²) in [6, 6.07) is 4.80. The van der Waals surface area contributed by atoms with E-state index in [9.17, 15) is 0 Å². The lowest BCUT2D eigenvalue weighted by Crippen LogP contribution is -2.54. The topological polar surface area (TPSA) is 35.2 Å². The highest BCUT2D eigenvalue weighted by atomic mass is 32.1. The van der Waals surface area contributed by atoms with Gasteiger partial charge < -0.3 is 4.98 Å². The molecular weight excluding hydrogens is 340 g/mol. The van der Waals surface area contributed by atoms with Gasteiger partial charge in [0.15, 0.2) is 0 Å². The fourth-order valence-electron chi connectivity index (χ4n) is 5.42. The molecule has 5 heteroatoms. The molecule has 2 aliphatic heterocycles. The van der Waals surface area contributed by atoms with Crippen LogP contribution in [0, 0.1) is 0 Å². The number of fused-ring (bicyclic) bond motifs is 2. The molecule has 5 rings (SSSR count). The first-order valence-electron chi connectivity index (χ1n) is 10.3. The number of thiophene rings is 1.